The van der Waals surface area contributed by atoms with Crippen LogP contribution in [0.25, 0.3) is 44.5 Å². The van der Waals surface area contributed by atoms with Crippen molar-refractivity contribution in [2.45, 2.75) is 181 Å². The lowest BCUT2D eigenvalue weighted by Crippen LogP contribution is -2.41. The van der Waals surface area contributed by atoms with E-state index in [0.717, 1.165) is 12.8 Å². The summed E-state index contributed by atoms with van der Waals surface area (Å²) in [5.41, 5.74) is 20.6. The van der Waals surface area contributed by atoms with E-state index in [1.54, 1.807) is 5.30 Å². The SMILES string of the molecule is Cc1ccccc1-c1cc(C(C)C)c(-c2cccc(-c3c(C(C)C)cc(-c4ccccc4C)cc3C(C)C)c2P2C(C3CCCCC3)CC(=O)CC2C2CCCCC2)c(C(C)C)c1. The van der Waals surface area contributed by atoms with Crippen LogP contribution >= 0.6 is 7.92 Å². The molecule has 1 heterocycles. The van der Waals surface area contributed by atoms with E-state index in [4.69, 9.17) is 0 Å². The topological polar surface area (TPSA) is 17.1 Å². The molecule has 5 aromatic carbocycles. The van der Waals surface area contributed by atoms with Crippen molar-refractivity contribution in [3.05, 3.63) is 124 Å². The summed E-state index contributed by atoms with van der Waals surface area (Å²) in [5.74, 6) is 3.16. The van der Waals surface area contributed by atoms with Gasteiger partial charge in [-0.05, 0) is 170 Å². The molecule has 0 N–H and O–H groups in total. The molecule has 2 atom stereocenters. The molecule has 1 saturated heterocycles. The van der Waals surface area contributed by atoms with E-state index >= 15 is 0 Å². The van der Waals surface area contributed by atoms with Gasteiger partial charge in [0.25, 0.3) is 0 Å². The van der Waals surface area contributed by atoms with E-state index in [2.05, 4.69) is 160 Å². The predicted molar refractivity (Wildman–Crippen MR) is 276 cm³/mol. The van der Waals surface area contributed by atoms with E-state index in [-0.39, 0.29) is 0 Å². The number of ketones is 1. The highest BCUT2D eigenvalue weighted by atomic mass is 31.1. The molecule has 0 radical (unpaired) electrons. The first-order chi connectivity index (χ1) is 30.3. The fraction of sp³-hybridized carbons (Fsp3) is 0.492. The molecule has 0 aromatic heterocycles. The Labute approximate surface area is 384 Å². The fourth-order valence-corrected chi connectivity index (χ4v) is 16.7. The summed E-state index contributed by atoms with van der Waals surface area (Å²) in [4.78, 5) is 14.4. The fourth-order valence-electron chi connectivity index (χ4n) is 12.3. The zero-order chi connectivity index (χ0) is 44.5. The number of aryl methyl sites for hydroxylation is 2. The molecule has 2 aliphatic carbocycles. The molecule has 1 aliphatic heterocycles. The van der Waals surface area contributed by atoms with Gasteiger partial charge in [-0.2, -0.15) is 0 Å². The summed E-state index contributed by atoms with van der Waals surface area (Å²) in [6.07, 6.45) is 14.6. The smallest absolute Gasteiger partial charge is 0.134 e. The molecule has 2 heteroatoms. The number of Topliss-reactive ketones (excluding diaryl/α,β-unsaturated/α-hetero) is 1. The minimum atomic E-state index is -0.716. The molecular formula is C61H77OP. The molecule has 1 nitrogen and oxygen atoms in total. The summed E-state index contributed by atoms with van der Waals surface area (Å²) >= 11 is 0. The standard InChI is InChI=1S/C61H77OP/c1-38(2)53-32-46(49-28-19-17-22-42(49)9)33-54(39(3)4)59(53)51-30-21-31-52(60-55(40(5)6)34-47(35-56(60)41(7)8)50-29-20-18-23-43(50)10)61(51)63-57(44-24-13-11-14-25-44)36-48(62)37-58(63)45-26-15-12-16-27-45/h17-23,28-35,38-41,44-45,57-58H,11-16,24-27,36-37H2,1-10H3. The third-order valence-corrected chi connectivity index (χ3v) is 19.2. The van der Waals surface area contributed by atoms with Gasteiger partial charge in [0.2, 0.25) is 0 Å². The molecule has 332 valence electrons. The first kappa shape index (κ1) is 45.8. The van der Waals surface area contributed by atoms with Crippen molar-refractivity contribution in [3.63, 3.8) is 0 Å². The van der Waals surface area contributed by atoms with Gasteiger partial charge in [0.15, 0.2) is 0 Å². The Morgan fingerprint density at radius 2 is 0.778 bits per heavy atom. The Balaban J connectivity index is 1.51. The van der Waals surface area contributed by atoms with Crippen molar-refractivity contribution < 1.29 is 4.79 Å². The molecular weight excluding hydrogens is 780 g/mol. The van der Waals surface area contributed by atoms with Crippen LogP contribution in [0.4, 0.5) is 0 Å². The molecule has 3 aliphatic rings. The number of carbonyl (C=O) groups excluding carboxylic acids is 1. The van der Waals surface area contributed by atoms with Crippen LogP contribution in [0.5, 0.6) is 0 Å². The van der Waals surface area contributed by atoms with Crippen LogP contribution in [-0.2, 0) is 4.79 Å². The van der Waals surface area contributed by atoms with Crippen molar-refractivity contribution in [1.29, 1.82) is 0 Å². The minimum absolute atomic E-state index is 0.341. The Kier molecular flexibility index (Phi) is 14.3. The molecule has 8 rings (SSSR count). The number of carbonyl (C=O) groups is 1. The van der Waals surface area contributed by atoms with Crippen LogP contribution in [0.15, 0.2) is 91.0 Å². The van der Waals surface area contributed by atoms with Gasteiger partial charge in [0.05, 0.1) is 0 Å². The number of benzene rings is 5. The zero-order valence-electron chi connectivity index (χ0n) is 40.6. The Hall–Kier alpha value is -3.80. The van der Waals surface area contributed by atoms with E-state index in [9.17, 15) is 4.79 Å². The highest BCUT2D eigenvalue weighted by Gasteiger charge is 2.46. The van der Waals surface area contributed by atoms with Gasteiger partial charge < -0.3 is 0 Å². The van der Waals surface area contributed by atoms with Gasteiger partial charge in [-0.3, -0.25) is 4.79 Å². The first-order valence-corrected chi connectivity index (χ1v) is 26.7. The summed E-state index contributed by atoms with van der Waals surface area (Å²) < 4.78 is 0. The molecule has 3 fully saturated rings. The Morgan fingerprint density at radius 1 is 0.444 bits per heavy atom. The van der Waals surface area contributed by atoms with E-state index in [1.165, 1.54) is 142 Å². The van der Waals surface area contributed by atoms with Crippen molar-refractivity contribution in [2.75, 3.05) is 0 Å². The molecule has 2 unspecified atom stereocenters. The monoisotopic (exact) mass is 857 g/mol. The highest BCUT2D eigenvalue weighted by molar-refractivity contribution is 7.68. The van der Waals surface area contributed by atoms with Crippen LogP contribution in [0, 0.1) is 25.7 Å². The maximum Gasteiger partial charge on any atom is 0.134 e. The largest absolute Gasteiger partial charge is 0.300 e. The molecule has 5 aromatic rings. The van der Waals surface area contributed by atoms with Crippen LogP contribution in [0.3, 0.4) is 0 Å². The van der Waals surface area contributed by atoms with E-state index in [0.29, 0.717) is 52.6 Å². The van der Waals surface area contributed by atoms with E-state index < -0.39 is 7.92 Å². The average molecular weight is 857 g/mol. The lowest BCUT2D eigenvalue weighted by molar-refractivity contribution is -0.120. The van der Waals surface area contributed by atoms with E-state index in [1.807, 2.05) is 0 Å². The maximum atomic E-state index is 14.4. The second kappa shape index (κ2) is 19.7. The van der Waals surface area contributed by atoms with Gasteiger partial charge in [-0.25, -0.2) is 0 Å². The molecule has 2 saturated carbocycles. The molecule has 63 heavy (non-hydrogen) atoms. The van der Waals surface area contributed by atoms with Gasteiger partial charge in [-0.15, -0.1) is 0 Å². The predicted octanol–water partition coefficient (Wildman–Crippen LogP) is 17.8. The van der Waals surface area contributed by atoms with Crippen LogP contribution in [0.2, 0.25) is 0 Å². The highest BCUT2D eigenvalue weighted by Crippen LogP contribution is 2.63. The third-order valence-electron chi connectivity index (χ3n) is 15.6. The van der Waals surface area contributed by atoms with Crippen LogP contribution in [-0.4, -0.2) is 17.1 Å². The third kappa shape index (κ3) is 9.35. The van der Waals surface area contributed by atoms with Gasteiger partial charge >= 0.3 is 0 Å². The lowest BCUT2D eigenvalue weighted by Gasteiger charge is -2.48. The Morgan fingerprint density at radius 3 is 1.11 bits per heavy atom. The average Bonchev–Trinajstić information content (AvgIpc) is 3.28. The van der Waals surface area contributed by atoms with Crippen molar-refractivity contribution in [3.8, 4) is 44.5 Å². The van der Waals surface area contributed by atoms with Crippen LogP contribution < -0.4 is 5.30 Å². The summed E-state index contributed by atoms with van der Waals surface area (Å²) in [5, 5.41) is 1.64. The number of hydrogen-bond acceptors (Lipinski definition) is 1. The molecule has 0 amide bonds. The molecule has 0 spiro atoms. The summed E-state index contributed by atoms with van der Waals surface area (Å²) in [7, 11) is -0.716. The summed E-state index contributed by atoms with van der Waals surface area (Å²) in [6.45, 7) is 23.9. The second-order valence-corrected chi connectivity index (χ2v) is 23.9. The minimum Gasteiger partial charge on any atom is -0.300 e. The normalized spacial score (nSPS) is 20.4. The maximum absolute atomic E-state index is 14.4. The van der Waals surface area contributed by atoms with Crippen LogP contribution in [0.1, 0.15) is 189 Å². The van der Waals surface area contributed by atoms with Crippen molar-refractivity contribution in [1.82, 2.24) is 0 Å². The summed E-state index contributed by atoms with van der Waals surface area (Å²) in [6, 6.07) is 35.7. The van der Waals surface area contributed by atoms with Gasteiger partial charge in [0, 0.05) is 12.8 Å². The first-order valence-electron chi connectivity index (χ1n) is 25.2. The van der Waals surface area contributed by atoms with Crippen molar-refractivity contribution in [2.24, 2.45) is 11.8 Å². The molecule has 0 bridgehead atoms. The van der Waals surface area contributed by atoms with Gasteiger partial charge in [-0.1, -0.05) is 193 Å². The second-order valence-electron chi connectivity index (χ2n) is 21.3. The van der Waals surface area contributed by atoms with Gasteiger partial charge in [0.1, 0.15) is 5.78 Å². The zero-order valence-corrected chi connectivity index (χ0v) is 41.5. The number of hydrogen-bond donors (Lipinski definition) is 0. The quantitative estimate of drug-likeness (QED) is 0.121. The van der Waals surface area contributed by atoms with Crippen molar-refractivity contribution >= 4 is 19.0 Å². The number of rotatable bonds is 11. The lowest BCUT2D eigenvalue weighted by atomic mass is 9.79. The Bertz CT molecular complexity index is 2180.